The SMILES string of the molecule is CC1CC(C(=O)NCc2ccc(Cl)cc2)N(C(=O)c2cccc(-c3ccc(CO)cc3)c2)C1. The Hall–Kier alpha value is -3.15. The van der Waals surface area contributed by atoms with Crippen LogP contribution in [0, 0.1) is 5.92 Å². The number of benzene rings is 3. The van der Waals surface area contributed by atoms with Crippen molar-refractivity contribution in [1.82, 2.24) is 10.2 Å². The topological polar surface area (TPSA) is 69.6 Å². The van der Waals surface area contributed by atoms with Crippen molar-refractivity contribution in [2.75, 3.05) is 6.54 Å². The van der Waals surface area contributed by atoms with E-state index in [1.54, 1.807) is 23.1 Å². The lowest BCUT2D eigenvalue weighted by molar-refractivity contribution is -0.125. The molecule has 1 aliphatic heterocycles. The van der Waals surface area contributed by atoms with Gasteiger partial charge in [-0.15, -0.1) is 0 Å². The van der Waals surface area contributed by atoms with Crippen molar-refractivity contribution in [3.8, 4) is 11.1 Å². The lowest BCUT2D eigenvalue weighted by Crippen LogP contribution is -2.45. The molecule has 2 N–H and O–H groups in total. The molecule has 3 aromatic carbocycles. The standard InChI is InChI=1S/C27H27ClN2O3/c1-18-13-25(26(32)29-15-19-7-11-24(28)12-8-19)30(16-18)27(33)23-4-2-3-22(14-23)21-9-5-20(17-31)6-10-21/h2-12,14,18,25,31H,13,15-17H2,1H3,(H,29,32). The molecule has 0 radical (unpaired) electrons. The first kappa shape index (κ1) is 23.0. The third-order valence-electron chi connectivity index (χ3n) is 6.03. The molecule has 4 rings (SSSR count). The molecule has 2 unspecified atom stereocenters. The minimum atomic E-state index is -0.493. The van der Waals surface area contributed by atoms with Crippen molar-refractivity contribution in [1.29, 1.82) is 0 Å². The fourth-order valence-corrected chi connectivity index (χ4v) is 4.35. The second-order valence-electron chi connectivity index (χ2n) is 8.59. The Kier molecular flexibility index (Phi) is 7.11. The highest BCUT2D eigenvalue weighted by atomic mass is 35.5. The van der Waals surface area contributed by atoms with E-state index in [0.29, 0.717) is 30.1 Å². The van der Waals surface area contributed by atoms with E-state index in [1.807, 2.05) is 54.6 Å². The van der Waals surface area contributed by atoms with Crippen LogP contribution >= 0.6 is 11.6 Å². The summed E-state index contributed by atoms with van der Waals surface area (Å²) >= 11 is 5.93. The smallest absolute Gasteiger partial charge is 0.254 e. The van der Waals surface area contributed by atoms with Gasteiger partial charge in [0.15, 0.2) is 0 Å². The van der Waals surface area contributed by atoms with Gasteiger partial charge in [0.2, 0.25) is 5.91 Å². The lowest BCUT2D eigenvalue weighted by Gasteiger charge is -2.24. The summed E-state index contributed by atoms with van der Waals surface area (Å²) in [6.07, 6.45) is 0.639. The number of hydrogen-bond donors (Lipinski definition) is 2. The lowest BCUT2D eigenvalue weighted by atomic mass is 10.0. The molecule has 0 spiro atoms. The van der Waals surface area contributed by atoms with Crippen LogP contribution in [0.1, 0.15) is 34.8 Å². The first-order chi connectivity index (χ1) is 15.9. The van der Waals surface area contributed by atoms with E-state index in [-0.39, 0.29) is 24.3 Å². The molecule has 0 aromatic heterocycles. The minimum Gasteiger partial charge on any atom is -0.392 e. The molecule has 170 valence electrons. The summed E-state index contributed by atoms with van der Waals surface area (Å²) in [6.45, 7) is 2.99. The van der Waals surface area contributed by atoms with Crippen LogP contribution in [0.15, 0.2) is 72.8 Å². The first-order valence-corrected chi connectivity index (χ1v) is 11.5. The molecule has 1 aliphatic rings. The number of rotatable bonds is 6. The molecule has 6 heteroatoms. The van der Waals surface area contributed by atoms with Crippen molar-refractivity contribution in [2.45, 2.75) is 32.5 Å². The van der Waals surface area contributed by atoms with Crippen molar-refractivity contribution in [3.63, 3.8) is 0 Å². The minimum absolute atomic E-state index is 0.00653. The molecule has 2 amide bonds. The number of nitrogens with zero attached hydrogens (tertiary/aromatic N) is 1. The van der Waals surface area contributed by atoms with Gasteiger partial charge in [0, 0.05) is 23.7 Å². The second kappa shape index (κ2) is 10.2. The van der Waals surface area contributed by atoms with E-state index in [9.17, 15) is 14.7 Å². The molecule has 1 saturated heterocycles. The third-order valence-corrected chi connectivity index (χ3v) is 6.29. The Morgan fingerprint density at radius 3 is 2.39 bits per heavy atom. The normalized spacial score (nSPS) is 17.7. The molecule has 5 nitrogen and oxygen atoms in total. The van der Waals surface area contributed by atoms with Gasteiger partial charge < -0.3 is 15.3 Å². The number of nitrogens with one attached hydrogen (secondary N) is 1. The number of carbonyl (C=O) groups is 2. The number of halogens is 1. The van der Waals surface area contributed by atoms with Gasteiger partial charge in [-0.05, 0) is 58.9 Å². The summed E-state index contributed by atoms with van der Waals surface area (Å²) in [5, 5.41) is 12.9. The fourth-order valence-electron chi connectivity index (χ4n) is 4.23. The molecule has 1 heterocycles. The highest BCUT2D eigenvalue weighted by Gasteiger charge is 2.38. The maximum atomic E-state index is 13.4. The van der Waals surface area contributed by atoms with Crippen LogP contribution in [0.25, 0.3) is 11.1 Å². The summed E-state index contributed by atoms with van der Waals surface area (Å²) in [7, 11) is 0. The zero-order valence-electron chi connectivity index (χ0n) is 18.5. The molecule has 0 saturated carbocycles. The number of likely N-dealkylation sites (tertiary alicyclic amines) is 1. The van der Waals surface area contributed by atoms with Gasteiger partial charge in [-0.2, -0.15) is 0 Å². The van der Waals surface area contributed by atoms with Gasteiger partial charge in [0.1, 0.15) is 6.04 Å². The van der Waals surface area contributed by atoms with Crippen LogP contribution in [-0.2, 0) is 17.9 Å². The largest absolute Gasteiger partial charge is 0.392 e. The first-order valence-electron chi connectivity index (χ1n) is 11.1. The zero-order chi connectivity index (χ0) is 23.4. The Bertz CT molecular complexity index is 1130. The number of amides is 2. The summed E-state index contributed by atoms with van der Waals surface area (Å²) < 4.78 is 0. The molecule has 0 bridgehead atoms. The fraction of sp³-hybridized carbons (Fsp3) is 0.259. The number of hydrogen-bond acceptors (Lipinski definition) is 3. The predicted molar refractivity (Wildman–Crippen MR) is 130 cm³/mol. The van der Waals surface area contributed by atoms with Gasteiger partial charge in [0.25, 0.3) is 5.91 Å². The Labute approximate surface area is 199 Å². The third kappa shape index (κ3) is 5.44. The molecule has 33 heavy (non-hydrogen) atoms. The van der Waals surface area contributed by atoms with E-state index in [4.69, 9.17) is 11.6 Å². The van der Waals surface area contributed by atoms with Crippen LogP contribution in [0.4, 0.5) is 0 Å². The van der Waals surface area contributed by atoms with Crippen molar-refractivity contribution < 1.29 is 14.7 Å². The quantitative estimate of drug-likeness (QED) is 0.559. The summed E-state index contributed by atoms with van der Waals surface area (Å²) in [5.74, 6) is -0.0346. The van der Waals surface area contributed by atoms with Crippen LogP contribution in [0.3, 0.4) is 0 Å². The molecule has 3 aromatic rings. The molecule has 0 aliphatic carbocycles. The monoisotopic (exact) mass is 462 g/mol. The average Bonchev–Trinajstić information content (AvgIpc) is 3.25. The van der Waals surface area contributed by atoms with Crippen LogP contribution in [-0.4, -0.2) is 34.4 Å². The van der Waals surface area contributed by atoms with E-state index < -0.39 is 6.04 Å². The Morgan fingerprint density at radius 2 is 1.70 bits per heavy atom. The number of carbonyl (C=O) groups excluding carboxylic acids is 2. The van der Waals surface area contributed by atoms with Gasteiger partial charge in [-0.1, -0.05) is 67.1 Å². The Morgan fingerprint density at radius 1 is 1.00 bits per heavy atom. The molecule has 2 atom stereocenters. The van der Waals surface area contributed by atoms with Crippen LogP contribution < -0.4 is 5.32 Å². The number of aliphatic hydroxyl groups excluding tert-OH is 1. The van der Waals surface area contributed by atoms with Crippen molar-refractivity contribution in [2.24, 2.45) is 5.92 Å². The Balaban J connectivity index is 1.48. The predicted octanol–water partition coefficient (Wildman–Crippen LogP) is 4.67. The zero-order valence-corrected chi connectivity index (χ0v) is 19.3. The van der Waals surface area contributed by atoms with Crippen LogP contribution in [0.5, 0.6) is 0 Å². The van der Waals surface area contributed by atoms with Gasteiger partial charge in [0.05, 0.1) is 6.61 Å². The van der Waals surface area contributed by atoms with E-state index in [1.165, 1.54) is 0 Å². The van der Waals surface area contributed by atoms with Crippen molar-refractivity contribution in [3.05, 3.63) is 94.5 Å². The van der Waals surface area contributed by atoms with Gasteiger partial charge in [-0.3, -0.25) is 9.59 Å². The summed E-state index contributed by atoms with van der Waals surface area (Å²) in [6, 6.07) is 21.9. The molecule has 1 fully saturated rings. The number of aliphatic hydroxyl groups is 1. The highest BCUT2D eigenvalue weighted by molar-refractivity contribution is 6.30. The summed E-state index contributed by atoms with van der Waals surface area (Å²) in [5.41, 5.74) is 4.24. The van der Waals surface area contributed by atoms with E-state index in [2.05, 4.69) is 12.2 Å². The average molecular weight is 463 g/mol. The highest BCUT2D eigenvalue weighted by Crippen LogP contribution is 2.27. The second-order valence-corrected chi connectivity index (χ2v) is 9.03. The van der Waals surface area contributed by atoms with E-state index >= 15 is 0 Å². The molecular formula is C27H27ClN2O3. The van der Waals surface area contributed by atoms with E-state index in [0.717, 1.165) is 22.3 Å². The maximum Gasteiger partial charge on any atom is 0.254 e. The molecular weight excluding hydrogens is 436 g/mol. The maximum absolute atomic E-state index is 13.4. The summed E-state index contributed by atoms with van der Waals surface area (Å²) in [4.78, 5) is 28.1. The van der Waals surface area contributed by atoms with Gasteiger partial charge in [-0.25, -0.2) is 0 Å². The van der Waals surface area contributed by atoms with Gasteiger partial charge >= 0.3 is 0 Å². The van der Waals surface area contributed by atoms with Crippen molar-refractivity contribution >= 4 is 23.4 Å². The van der Waals surface area contributed by atoms with Crippen LogP contribution in [0.2, 0.25) is 5.02 Å².